The molecule has 0 heterocycles. The molecule has 3 nitrogen and oxygen atoms in total. The molecular formula is C19H24O3Si. The summed E-state index contributed by atoms with van der Waals surface area (Å²) in [4.78, 5) is 11.3. The van der Waals surface area contributed by atoms with E-state index in [1.807, 2.05) is 30.3 Å². The van der Waals surface area contributed by atoms with Crippen molar-refractivity contribution in [3.8, 4) is 16.9 Å². The number of hydrogen-bond acceptors (Lipinski definition) is 2. The zero-order chi connectivity index (χ0) is 17.3. The largest absolute Gasteiger partial charge is 0.543 e. The van der Waals surface area contributed by atoms with Gasteiger partial charge in [0.2, 0.25) is 0 Å². The van der Waals surface area contributed by atoms with Crippen LogP contribution in [-0.2, 0) is 0 Å². The van der Waals surface area contributed by atoms with Crippen LogP contribution in [0.1, 0.15) is 31.1 Å². The predicted octanol–water partition coefficient (Wildman–Crippen LogP) is 5.44. The van der Waals surface area contributed by atoms with Crippen molar-refractivity contribution >= 4 is 14.3 Å². The van der Waals surface area contributed by atoms with E-state index in [2.05, 4.69) is 33.9 Å². The fourth-order valence-corrected chi connectivity index (χ4v) is 3.06. The number of carbonyl (C=O) groups is 1. The summed E-state index contributed by atoms with van der Waals surface area (Å²) in [7, 11) is -2.00. The number of aromatic carboxylic acids is 1. The van der Waals surface area contributed by atoms with Crippen LogP contribution in [0.25, 0.3) is 11.1 Å². The van der Waals surface area contributed by atoms with Gasteiger partial charge in [0.15, 0.2) is 0 Å². The lowest BCUT2D eigenvalue weighted by atomic mass is 10.0. The van der Waals surface area contributed by atoms with Gasteiger partial charge < -0.3 is 9.53 Å². The van der Waals surface area contributed by atoms with E-state index in [-0.39, 0.29) is 10.6 Å². The number of benzene rings is 2. The van der Waals surface area contributed by atoms with Gasteiger partial charge in [-0.05, 0) is 41.9 Å². The summed E-state index contributed by atoms with van der Waals surface area (Å²) in [5, 5.41) is 9.35. The molecule has 0 saturated heterocycles. The number of carboxylic acid groups (broad SMARTS) is 1. The maximum Gasteiger partial charge on any atom is 0.335 e. The van der Waals surface area contributed by atoms with Crippen LogP contribution in [0, 0.1) is 0 Å². The molecule has 23 heavy (non-hydrogen) atoms. The zero-order valence-corrected chi connectivity index (χ0v) is 15.4. The molecule has 0 aliphatic carbocycles. The molecule has 0 bridgehead atoms. The molecule has 1 N–H and O–H groups in total. The van der Waals surface area contributed by atoms with Crippen LogP contribution in [0.4, 0.5) is 0 Å². The molecule has 122 valence electrons. The van der Waals surface area contributed by atoms with E-state index in [0.717, 1.165) is 16.9 Å². The second-order valence-electron chi connectivity index (χ2n) is 7.24. The van der Waals surface area contributed by atoms with Crippen molar-refractivity contribution < 1.29 is 14.3 Å². The van der Waals surface area contributed by atoms with Crippen LogP contribution in [-0.4, -0.2) is 19.4 Å². The first kappa shape index (κ1) is 17.3. The molecule has 0 fully saturated rings. The molecule has 2 aromatic carbocycles. The van der Waals surface area contributed by atoms with Gasteiger partial charge in [-0.1, -0.05) is 51.1 Å². The molecule has 2 rings (SSSR count). The Morgan fingerprint density at radius 1 is 1.04 bits per heavy atom. The average Bonchev–Trinajstić information content (AvgIpc) is 2.46. The third kappa shape index (κ3) is 3.82. The highest BCUT2D eigenvalue weighted by Crippen LogP contribution is 2.40. The van der Waals surface area contributed by atoms with Gasteiger partial charge in [-0.25, -0.2) is 4.79 Å². The van der Waals surface area contributed by atoms with Crippen LogP contribution in [0.15, 0.2) is 48.5 Å². The number of hydrogen-bond donors (Lipinski definition) is 1. The lowest BCUT2D eigenvalue weighted by Crippen LogP contribution is -2.44. The molecule has 0 aliphatic heterocycles. The van der Waals surface area contributed by atoms with Gasteiger partial charge in [-0.3, -0.25) is 0 Å². The fourth-order valence-electron chi connectivity index (χ4n) is 2.02. The highest BCUT2D eigenvalue weighted by molar-refractivity contribution is 6.74. The highest BCUT2D eigenvalue weighted by atomic mass is 28.4. The van der Waals surface area contributed by atoms with E-state index < -0.39 is 14.3 Å². The molecular weight excluding hydrogens is 304 g/mol. The van der Waals surface area contributed by atoms with Crippen LogP contribution in [0.2, 0.25) is 18.1 Å². The molecule has 0 unspecified atom stereocenters. The topological polar surface area (TPSA) is 46.5 Å². The predicted molar refractivity (Wildman–Crippen MR) is 96.7 cm³/mol. The molecule has 2 aromatic rings. The Morgan fingerprint density at radius 2 is 1.65 bits per heavy atom. The summed E-state index contributed by atoms with van der Waals surface area (Å²) in [6, 6.07) is 14.9. The highest BCUT2D eigenvalue weighted by Gasteiger charge is 2.39. The molecule has 0 aromatic heterocycles. The fraction of sp³-hybridized carbons (Fsp3) is 0.316. The summed E-state index contributed by atoms with van der Waals surface area (Å²) in [5.41, 5.74) is 2.06. The van der Waals surface area contributed by atoms with Gasteiger partial charge >= 0.3 is 5.97 Å². The monoisotopic (exact) mass is 328 g/mol. The molecule has 0 aliphatic rings. The minimum absolute atomic E-state index is 0.0758. The Bertz CT molecular complexity index is 700. The Hall–Kier alpha value is -2.07. The van der Waals surface area contributed by atoms with Crippen molar-refractivity contribution in [1.29, 1.82) is 0 Å². The Morgan fingerprint density at radius 3 is 2.17 bits per heavy atom. The third-order valence-corrected chi connectivity index (χ3v) is 8.83. The van der Waals surface area contributed by atoms with Gasteiger partial charge in [0.05, 0.1) is 5.56 Å². The Kier molecular flexibility index (Phi) is 4.66. The first-order valence-electron chi connectivity index (χ1n) is 7.73. The van der Waals surface area contributed by atoms with Crippen molar-refractivity contribution in [2.45, 2.75) is 38.9 Å². The van der Waals surface area contributed by atoms with Crippen LogP contribution in [0.5, 0.6) is 5.75 Å². The van der Waals surface area contributed by atoms with Gasteiger partial charge in [0, 0.05) is 5.56 Å². The average molecular weight is 328 g/mol. The lowest BCUT2D eigenvalue weighted by Gasteiger charge is -2.37. The minimum atomic E-state index is -2.00. The normalized spacial score (nSPS) is 12.0. The smallest absolute Gasteiger partial charge is 0.335 e. The van der Waals surface area contributed by atoms with E-state index in [1.54, 1.807) is 18.2 Å². The van der Waals surface area contributed by atoms with Crippen LogP contribution < -0.4 is 4.43 Å². The number of carboxylic acids is 1. The van der Waals surface area contributed by atoms with Gasteiger partial charge in [-0.2, -0.15) is 0 Å². The molecule has 0 amide bonds. The van der Waals surface area contributed by atoms with Crippen molar-refractivity contribution in [2.75, 3.05) is 0 Å². The van der Waals surface area contributed by atoms with Crippen molar-refractivity contribution in [1.82, 2.24) is 0 Å². The summed E-state index contributed by atoms with van der Waals surface area (Å²) in [6.45, 7) is 10.9. The van der Waals surface area contributed by atoms with Crippen LogP contribution >= 0.6 is 0 Å². The van der Waals surface area contributed by atoms with Crippen LogP contribution in [0.3, 0.4) is 0 Å². The maximum atomic E-state index is 11.3. The molecule has 0 radical (unpaired) electrons. The Balaban J connectivity index is 2.54. The van der Waals surface area contributed by atoms with Crippen molar-refractivity contribution in [2.24, 2.45) is 0 Å². The summed E-state index contributed by atoms with van der Waals surface area (Å²) in [6.07, 6.45) is 0. The van der Waals surface area contributed by atoms with E-state index in [9.17, 15) is 9.90 Å². The quantitative estimate of drug-likeness (QED) is 0.761. The standard InChI is InChI=1S/C19H24O3Si/c1-19(2,3)23(4,5)22-17-12-11-15(18(20)21)13-16(17)14-9-7-6-8-10-14/h6-13H,1-5H3,(H,20,21). The molecule has 0 saturated carbocycles. The zero-order valence-electron chi connectivity index (χ0n) is 14.4. The maximum absolute atomic E-state index is 11.3. The second-order valence-corrected chi connectivity index (χ2v) is 12.0. The summed E-state index contributed by atoms with van der Waals surface area (Å²) in [5.74, 6) is -0.172. The Labute approximate surface area is 139 Å². The number of rotatable bonds is 4. The third-order valence-electron chi connectivity index (χ3n) is 4.48. The molecule has 0 spiro atoms. The van der Waals surface area contributed by atoms with E-state index in [1.165, 1.54) is 0 Å². The van der Waals surface area contributed by atoms with Gasteiger partial charge in [0.1, 0.15) is 5.75 Å². The van der Waals surface area contributed by atoms with Gasteiger partial charge in [-0.15, -0.1) is 0 Å². The van der Waals surface area contributed by atoms with E-state index in [0.29, 0.717) is 0 Å². The lowest BCUT2D eigenvalue weighted by molar-refractivity contribution is 0.0697. The van der Waals surface area contributed by atoms with Crippen molar-refractivity contribution in [3.63, 3.8) is 0 Å². The molecule has 4 heteroatoms. The summed E-state index contributed by atoms with van der Waals surface area (Å²) >= 11 is 0. The van der Waals surface area contributed by atoms with Crippen molar-refractivity contribution in [3.05, 3.63) is 54.1 Å². The van der Waals surface area contributed by atoms with E-state index in [4.69, 9.17) is 4.43 Å². The second kappa shape index (κ2) is 6.20. The SMILES string of the molecule is CC(C)(C)[Si](C)(C)Oc1ccc(C(=O)O)cc1-c1ccccc1. The van der Waals surface area contributed by atoms with E-state index >= 15 is 0 Å². The minimum Gasteiger partial charge on any atom is -0.543 e. The van der Waals surface area contributed by atoms with Gasteiger partial charge in [0.25, 0.3) is 8.32 Å². The first-order valence-corrected chi connectivity index (χ1v) is 10.6. The summed E-state index contributed by atoms with van der Waals surface area (Å²) < 4.78 is 6.43. The molecule has 0 atom stereocenters. The first-order chi connectivity index (χ1) is 10.6.